The number of benzene rings is 1. The summed E-state index contributed by atoms with van der Waals surface area (Å²) in [5, 5.41) is 3.83. The van der Waals surface area contributed by atoms with Crippen molar-refractivity contribution < 1.29 is 22.7 Å². The molecule has 2 aromatic rings. The molecule has 1 aliphatic rings. The number of carbonyl (C=O) groups excluding carboxylic acids is 1. The summed E-state index contributed by atoms with van der Waals surface area (Å²) in [6, 6.07) is 6.97. The molecule has 5 nitrogen and oxygen atoms in total. The van der Waals surface area contributed by atoms with E-state index in [0.717, 1.165) is 4.47 Å². The van der Waals surface area contributed by atoms with Crippen LogP contribution in [0.5, 0.6) is 0 Å². The molecule has 1 atom stereocenters. The Balaban J connectivity index is 1.86. The minimum atomic E-state index is -4.37. The number of hydrogen-bond acceptors (Lipinski definition) is 4. The average Bonchev–Trinajstić information content (AvgIpc) is 3.09. The van der Waals surface area contributed by atoms with E-state index < -0.39 is 18.8 Å². The third kappa shape index (κ3) is 3.77. The van der Waals surface area contributed by atoms with Gasteiger partial charge in [0.2, 0.25) is 0 Å². The summed E-state index contributed by atoms with van der Waals surface area (Å²) < 4.78 is 43.5. The zero-order valence-electron chi connectivity index (χ0n) is 13.9. The zero-order chi connectivity index (χ0) is 19.1. The number of alkyl halides is 3. The number of aromatic amines is 1. The van der Waals surface area contributed by atoms with E-state index in [1.54, 1.807) is 32.0 Å². The van der Waals surface area contributed by atoms with E-state index in [0.29, 0.717) is 28.1 Å². The van der Waals surface area contributed by atoms with Crippen molar-refractivity contribution in [2.45, 2.75) is 32.7 Å². The first-order valence-corrected chi connectivity index (χ1v) is 8.51. The van der Waals surface area contributed by atoms with Crippen LogP contribution >= 0.6 is 15.9 Å². The molecule has 138 valence electrons. The summed E-state index contributed by atoms with van der Waals surface area (Å²) in [6.07, 6.45) is -6.81. The van der Waals surface area contributed by atoms with Crippen molar-refractivity contribution in [3.63, 3.8) is 0 Å². The molecule has 0 radical (unpaired) electrons. The zero-order valence-corrected chi connectivity index (χ0v) is 15.5. The van der Waals surface area contributed by atoms with Gasteiger partial charge in [0.05, 0.1) is 0 Å². The lowest BCUT2D eigenvalue weighted by Gasteiger charge is -2.13. The van der Waals surface area contributed by atoms with Crippen LogP contribution < -0.4 is 5.43 Å². The van der Waals surface area contributed by atoms with Crippen molar-refractivity contribution in [3.05, 3.63) is 56.8 Å². The molecule has 0 amide bonds. The fraction of sp³-hybridized carbons (Fsp3) is 0.294. The highest BCUT2D eigenvalue weighted by molar-refractivity contribution is 9.10. The molecule has 1 aromatic heterocycles. The van der Waals surface area contributed by atoms with Gasteiger partial charge < -0.3 is 9.72 Å². The first-order chi connectivity index (χ1) is 12.2. The maximum absolute atomic E-state index is 12.8. The number of carbonyl (C=O) groups is 1. The molecule has 9 heteroatoms. The van der Waals surface area contributed by atoms with E-state index in [9.17, 15) is 18.0 Å². The van der Waals surface area contributed by atoms with Gasteiger partial charge in [-0.1, -0.05) is 28.1 Å². The molecule has 0 fully saturated rings. The molecular formula is C17H15BrF3N3O2. The van der Waals surface area contributed by atoms with Gasteiger partial charge >= 0.3 is 6.18 Å². The number of ketones is 1. The van der Waals surface area contributed by atoms with Crippen molar-refractivity contribution >= 4 is 27.6 Å². The van der Waals surface area contributed by atoms with Gasteiger partial charge in [0.1, 0.15) is 12.1 Å². The highest BCUT2D eigenvalue weighted by atomic mass is 79.9. The number of nitrogens with zero attached hydrogens (tertiary/aromatic N) is 1. The van der Waals surface area contributed by atoms with Crippen LogP contribution in [0, 0.1) is 13.8 Å². The molecule has 2 heterocycles. The van der Waals surface area contributed by atoms with Crippen molar-refractivity contribution in [1.82, 2.24) is 10.4 Å². The predicted octanol–water partition coefficient (Wildman–Crippen LogP) is 4.18. The number of ether oxygens (including phenoxy) is 1. The molecule has 1 aliphatic heterocycles. The van der Waals surface area contributed by atoms with Crippen molar-refractivity contribution in [2.24, 2.45) is 5.10 Å². The van der Waals surface area contributed by atoms with Crippen molar-refractivity contribution in [2.75, 3.05) is 0 Å². The van der Waals surface area contributed by atoms with Crippen LogP contribution in [0.3, 0.4) is 0 Å². The standard InChI is InChI=1S/C17H15BrF3N3O2/c1-8-13(15(25)10-4-3-5-11(18)6-10)9(2)22-14(8)16-24-23-12(26-16)7-17(19,20)21/h3-6,12,22-23H,7H2,1-2H3. The second-order valence-corrected chi connectivity index (χ2v) is 6.85. The molecule has 0 spiro atoms. The Morgan fingerprint density at radius 3 is 2.73 bits per heavy atom. The summed E-state index contributed by atoms with van der Waals surface area (Å²) in [4.78, 5) is 15.8. The summed E-state index contributed by atoms with van der Waals surface area (Å²) in [5.41, 5.74) is 4.82. The summed E-state index contributed by atoms with van der Waals surface area (Å²) in [7, 11) is 0. The lowest BCUT2D eigenvalue weighted by atomic mass is 10.00. The third-order valence-electron chi connectivity index (χ3n) is 3.95. The van der Waals surface area contributed by atoms with Crippen LogP contribution in [0.2, 0.25) is 0 Å². The molecule has 0 bridgehead atoms. The van der Waals surface area contributed by atoms with Gasteiger partial charge in [0.15, 0.2) is 12.0 Å². The van der Waals surface area contributed by atoms with E-state index in [-0.39, 0.29) is 11.7 Å². The van der Waals surface area contributed by atoms with E-state index in [2.05, 4.69) is 31.4 Å². The maximum atomic E-state index is 12.8. The lowest BCUT2D eigenvalue weighted by molar-refractivity contribution is -0.152. The molecule has 2 N–H and O–H groups in total. The number of rotatable bonds is 4. The SMILES string of the molecule is Cc1[nH]c(C2=NNC(CC(F)(F)F)O2)c(C)c1C(=O)c1cccc(Br)c1. The predicted molar refractivity (Wildman–Crippen MR) is 93.1 cm³/mol. The second-order valence-electron chi connectivity index (χ2n) is 5.94. The van der Waals surface area contributed by atoms with Crippen LogP contribution in [-0.2, 0) is 4.74 Å². The largest absolute Gasteiger partial charge is 0.449 e. The highest BCUT2D eigenvalue weighted by Crippen LogP contribution is 2.27. The maximum Gasteiger partial charge on any atom is 0.394 e. The van der Waals surface area contributed by atoms with Gasteiger partial charge in [-0.15, -0.1) is 5.10 Å². The van der Waals surface area contributed by atoms with Crippen molar-refractivity contribution in [1.29, 1.82) is 0 Å². The number of hydrazone groups is 1. The van der Waals surface area contributed by atoms with Crippen LogP contribution in [0.4, 0.5) is 13.2 Å². The van der Waals surface area contributed by atoms with Gasteiger partial charge in [0, 0.05) is 21.3 Å². The Kier molecular flexibility index (Phi) is 4.83. The normalized spacial score (nSPS) is 16.8. The molecule has 0 saturated heterocycles. The topological polar surface area (TPSA) is 66.5 Å². The fourth-order valence-corrected chi connectivity index (χ4v) is 3.21. The van der Waals surface area contributed by atoms with Gasteiger partial charge in [-0.3, -0.25) is 10.2 Å². The quantitative estimate of drug-likeness (QED) is 0.716. The Bertz CT molecular complexity index is 890. The van der Waals surface area contributed by atoms with Crippen LogP contribution in [-0.4, -0.2) is 29.1 Å². The Morgan fingerprint density at radius 2 is 2.08 bits per heavy atom. The summed E-state index contributed by atoms with van der Waals surface area (Å²) in [5.74, 6) is -0.185. The number of nitrogens with one attached hydrogen (secondary N) is 2. The van der Waals surface area contributed by atoms with Crippen LogP contribution in [0.1, 0.15) is 39.3 Å². The summed E-state index contributed by atoms with van der Waals surface area (Å²) in [6.45, 7) is 3.42. The molecule has 0 saturated carbocycles. The molecule has 1 aromatic carbocycles. The minimum Gasteiger partial charge on any atom is -0.449 e. The van der Waals surface area contributed by atoms with Gasteiger partial charge in [0.25, 0.3) is 5.90 Å². The number of aryl methyl sites for hydroxylation is 1. The summed E-state index contributed by atoms with van der Waals surface area (Å²) >= 11 is 3.33. The van der Waals surface area contributed by atoms with Gasteiger partial charge in [-0.25, -0.2) is 0 Å². The number of hydrogen-bond donors (Lipinski definition) is 2. The number of halogens is 4. The second kappa shape index (κ2) is 6.79. The fourth-order valence-electron chi connectivity index (χ4n) is 2.81. The Hall–Kier alpha value is -2.29. The van der Waals surface area contributed by atoms with E-state index in [4.69, 9.17) is 4.74 Å². The highest BCUT2D eigenvalue weighted by Gasteiger charge is 2.36. The molecule has 1 unspecified atom stereocenters. The van der Waals surface area contributed by atoms with Crippen LogP contribution in [0.25, 0.3) is 0 Å². The van der Waals surface area contributed by atoms with Crippen molar-refractivity contribution in [3.8, 4) is 0 Å². The molecule has 3 rings (SSSR count). The monoisotopic (exact) mass is 429 g/mol. The third-order valence-corrected chi connectivity index (χ3v) is 4.44. The first kappa shape index (κ1) is 18.5. The molecule has 0 aliphatic carbocycles. The Morgan fingerprint density at radius 1 is 1.35 bits per heavy atom. The van der Waals surface area contributed by atoms with Crippen LogP contribution in [0.15, 0.2) is 33.8 Å². The van der Waals surface area contributed by atoms with Gasteiger partial charge in [-0.05, 0) is 31.5 Å². The van der Waals surface area contributed by atoms with Gasteiger partial charge in [-0.2, -0.15) is 13.2 Å². The molecule has 26 heavy (non-hydrogen) atoms. The van der Waals surface area contributed by atoms with E-state index in [1.807, 2.05) is 6.07 Å². The molecular weight excluding hydrogens is 415 g/mol. The lowest BCUT2D eigenvalue weighted by Crippen LogP contribution is -2.28. The Labute approximate surface area is 155 Å². The van der Waals surface area contributed by atoms with E-state index in [1.165, 1.54) is 0 Å². The number of aromatic nitrogens is 1. The first-order valence-electron chi connectivity index (χ1n) is 7.72. The smallest absolute Gasteiger partial charge is 0.394 e. The minimum absolute atomic E-state index is 0.00754. The number of H-pyrrole nitrogens is 1. The average molecular weight is 430 g/mol. The van der Waals surface area contributed by atoms with E-state index >= 15 is 0 Å².